The molecule has 1 nitrogen and oxygen atoms in total. The molecule has 1 aromatic carbocycles. The highest BCUT2D eigenvalue weighted by molar-refractivity contribution is 9.10. The highest BCUT2D eigenvalue weighted by atomic mass is 79.9. The monoisotopic (exact) mass is 308 g/mol. The fraction of sp³-hybridized carbons (Fsp3) is 0.286. The maximum absolute atomic E-state index is 10.3. The van der Waals surface area contributed by atoms with Crippen molar-refractivity contribution in [2.24, 2.45) is 0 Å². The predicted molar refractivity (Wildman–Crippen MR) is 74.5 cm³/mol. The summed E-state index contributed by atoms with van der Waals surface area (Å²) >= 11 is 5.18. The molecular formula is C14H13BrOS. The molecule has 1 heterocycles. The molecule has 0 amide bonds. The molecule has 3 heteroatoms. The van der Waals surface area contributed by atoms with Gasteiger partial charge in [0.1, 0.15) is 6.10 Å². The van der Waals surface area contributed by atoms with E-state index in [2.05, 4.69) is 22.0 Å². The van der Waals surface area contributed by atoms with Gasteiger partial charge in [-0.1, -0.05) is 28.1 Å². The average molecular weight is 309 g/mol. The van der Waals surface area contributed by atoms with Crippen LogP contribution in [0.3, 0.4) is 0 Å². The normalized spacial score (nSPS) is 15.9. The number of thiophene rings is 1. The van der Waals surface area contributed by atoms with Gasteiger partial charge in [0.05, 0.1) is 0 Å². The van der Waals surface area contributed by atoms with E-state index < -0.39 is 6.10 Å². The zero-order valence-electron chi connectivity index (χ0n) is 9.32. The molecule has 1 aliphatic carbocycles. The minimum absolute atomic E-state index is 0.473. The molecule has 0 fully saturated rings. The predicted octanol–water partition coefficient (Wildman–Crippen LogP) is 4.08. The summed E-state index contributed by atoms with van der Waals surface area (Å²) in [6.45, 7) is 0. The first-order valence-corrected chi connectivity index (χ1v) is 7.40. The molecule has 0 bridgehead atoms. The quantitative estimate of drug-likeness (QED) is 0.886. The van der Waals surface area contributed by atoms with Crippen molar-refractivity contribution in [1.29, 1.82) is 0 Å². The Bertz CT molecular complexity index is 508. The number of aliphatic hydroxyl groups is 1. The van der Waals surface area contributed by atoms with E-state index in [0.717, 1.165) is 14.9 Å². The molecule has 1 aromatic heterocycles. The van der Waals surface area contributed by atoms with Gasteiger partial charge in [0.2, 0.25) is 0 Å². The number of fused-ring (bicyclic) bond motifs is 1. The van der Waals surface area contributed by atoms with Gasteiger partial charge in [-0.25, -0.2) is 0 Å². The minimum Gasteiger partial charge on any atom is -0.383 e. The summed E-state index contributed by atoms with van der Waals surface area (Å²) in [7, 11) is 0. The van der Waals surface area contributed by atoms with Gasteiger partial charge in [-0.2, -0.15) is 0 Å². The van der Waals surface area contributed by atoms with Gasteiger partial charge in [0, 0.05) is 14.2 Å². The topological polar surface area (TPSA) is 20.2 Å². The van der Waals surface area contributed by atoms with Crippen LogP contribution in [0.1, 0.15) is 33.4 Å². The van der Waals surface area contributed by atoms with E-state index in [1.165, 1.54) is 29.7 Å². The van der Waals surface area contributed by atoms with Gasteiger partial charge < -0.3 is 5.11 Å². The second kappa shape index (κ2) is 4.56. The molecule has 88 valence electrons. The highest BCUT2D eigenvalue weighted by Crippen LogP contribution is 2.36. The lowest BCUT2D eigenvalue weighted by Crippen LogP contribution is -1.96. The molecule has 1 unspecified atom stereocenters. The van der Waals surface area contributed by atoms with Crippen LogP contribution < -0.4 is 0 Å². The molecule has 0 saturated heterocycles. The molecule has 0 radical (unpaired) electrons. The third-order valence-corrected chi connectivity index (χ3v) is 5.04. The number of halogens is 1. The Hall–Kier alpha value is -0.640. The van der Waals surface area contributed by atoms with Gasteiger partial charge >= 0.3 is 0 Å². The lowest BCUT2D eigenvalue weighted by molar-refractivity contribution is 0.224. The summed E-state index contributed by atoms with van der Waals surface area (Å²) in [6, 6.07) is 10.1. The van der Waals surface area contributed by atoms with Crippen LogP contribution >= 0.6 is 27.3 Å². The number of aliphatic hydroxyl groups excluding tert-OH is 1. The zero-order valence-corrected chi connectivity index (χ0v) is 11.7. The lowest BCUT2D eigenvalue weighted by Gasteiger charge is -2.08. The van der Waals surface area contributed by atoms with E-state index >= 15 is 0 Å². The van der Waals surface area contributed by atoms with E-state index in [9.17, 15) is 5.11 Å². The van der Waals surface area contributed by atoms with Crippen LogP contribution in [-0.4, -0.2) is 5.11 Å². The first-order chi connectivity index (χ1) is 8.24. The maximum Gasteiger partial charge on any atom is 0.113 e. The molecule has 1 atom stereocenters. The molecule has 17 heavy (non-hydrogen) atoms. The fourth-order valence-electron chi connectivity index (χ4n) is 2.30. The molecule has 2 aromatic rings. The summed E-state index contributed by atoms with van der Waals surface area (Å²) in [6.07, 6.45) is 3.17. The lowest BCUT2D eigenvalue weighted by atomic mass is 10.1. The van der Waals surface area contributed by atoms with E-state index in [4.69, 9.17) is 0 Å². The van der Waals surface area contributed by atoms with Crippen molar-refractivity contribution in [2.75, 3.05) is 0 Å². The van der Waals surface area contributed by atoms with Gasteiger partial charge in [-0.05, 0) is 48.6 Å². The van der Waals surface area contributed by atoms with Crippen LogP contribution in [0.4, 0.5) is 0 Å². The maximum atomic E-state index is 10.3. The average Bonchev–Trinajstić information content (AvgIpc) is 2.89. The van der Waals surface area contributed by atoms with Crippen molar-refractivity contribution in [2.45, 2.75) is 25.4 Å². The number of rotatable bonds is 2. The largest absolute Gasteiger partial charge is 0.383 e. The summed E-state index contributed by atoms with van der Waals surface area (Å²) in [5, 5.41) is 10.3. The summed E-state index contributed by atoms with van der Waals surface area (Å²) < 4.78 is 1.04. The van der Waals surface area contributed by atoms with E-state index in [1.54, 1.807) is 11.3 Å². The van der Waals surface area contributed by atoms with Gasteiger partial charge in [-0.3, -0.25) is 0 Å². The highest BCUT2D eigenvalue weighted by Gasteiger charge is 2.19. The first-order valence-electron chi connectivity index (χ1n) is 5.79. The van der Waals surface area contributed by atoms with Crippen LogP contribution in [0.5, 0.6) is 0 Å². The van der Waals surface area contributed by atoms with E-state index in [0.29, 0.717) is 0 Å². The Kier molecular flexibility index (Phi) is 3.07. The molecular weight excluding hydrogens is 296 g/mol. The standard InChI is InChI=1S/C14H13BrOS/c15-11-6-4-9(5-7-11)14(16)13-8-10-2-1-3-12(10)17-13/h4-8,14,16H,1-3H2. The van der Waals surface area contributed by atoms with E-state index in [1.807, 2.05) is 24.3 Å². The van der Waals surface area contributed by atoms with Crippen molar-refractivity contribution in [3.63, 3.8) is 0 Å². The smallest absolute Gasteiger partial charge is 0.113 e. The number of hydrogen-bond acceptors (Lipinski definition) is 2. The van der Waals surface area contributed by atoms with Crippen LogP contribution in [-0.2, 0) is 12.8 Å². The SMILES string of the molecule is OC(c1ccc(Br)cc1)c1cc2c(s1)CCC2. The number of benzene rings is 1. The summed E-state index contributed by atoms with van der Waals surface area (Å²) in [5.74, 6) is 0. The van der Waals surface area contributed by atoms with Crippen LogP contribution in [0.15, 0.2) is 34.8 Å². The molecule has 1 aliphatic rings. The molecule has 3 rings (SSSR count). The number of hydrogen-bond donors (Lipinski definition) is 1. The van der Waals surface area contributed by atoms with Crippen molar-refractivity contribution < 1.29 is 5.11 Å². The Morgan fingerprint density at radius 3 is 2.65 bits per heavy atom. The molecule has 0 spiro atoms. The zero-order chi connectivity index (χ0) is 11.8. The Morgan fingerprint density at radius 2 is 1.94 bits per heavy atom. The van der Waals surface area contributed by atoms with Crippen molar-refractivity contribution in [3.05, 3.63) is 55.7 Å². The third-order valence-electron chi connectivity index (χ3n) is 3.22. The van der Waals surface area contributed by atoms with Crippen molar-refractivity contribution in [1.82, 2.24) is 0 Å². The second-order valence-electron chi connectivity index (χ2n) is 4.40. The van der Waals surface area contributed by atoms with Crippen molar-refractivity contribution >= 4 is 27.3 Å². The summed E-state index contributed by atoms with van der Waals surface area (Å²) in [4.78, 5) is 2.55. The Labute approximate surface area is 113 Å². The van der Waals surface area contributed by atoms with E-state index in [-0.39, 0.29) is 0 Å². The minimum atomic E-state index is -0.473. The van der Waals surface area contributed by atoms with Crippen molar-refractivity contribution in [3.8, 4) is 0 Å². The fourth-order valence-corrected chi connectivity index (χ4v) is 3.83. The Balaban J connectivity index is 1.90. The van der Waals surface area contributed by atoms with Crippen LogP contribution in [0, 0.1) is 0 Å². The molecule has 1 N–H and O–H groups in total. The first kappa shape index (κ1) is 11.5. The third kappa shape index (κ3) is 2.19. The molecule has 0 saturated carbocycles. The Morgan fingerprint density at radius 1 is 1.18 bits per heavy atom. The number of aryl methyl sites for hydroxylation is 2. The second-order valence-corrected chi connectivity index (χ2v) is 6.49. The molecule has 0 aliphatic heterocycles. The van der Waals surface area contributed by atoms with Crippen LogP contribution in [0.25, 0.3) is 0 Å². The van der Waals surface area contributed by atoms with Gasteiger partial charge in [0.15, 0.2) is 0 Å². The van der Waals surface area contributed by atoms with Gasteiger partial charge in [0.25, 0.3) is 0 Å². The van der Waals surface area contributed by atoms with Crippen LogP contribution in [0.2, 0.25) is 0 Å². The van der Waals surface area contributed by atoms with Gasteiger partial charge in [-0.15, -0.1) is 11.3 Å². The summed E-state index contributed by atoms with van der Waals surface area (Å²) in [5.41, 5.74) is 2.41.